The van der Waals surface area contributed by atoms with Crippen LogP contribution >= 0.6 is 12.4 Å². The van der Waals surface area contributed by atoms with Gasteiger partial charge in [-0.15, -0.1) is 12.4 Å². The van der Waals surface area contributed by atoms with Crippen molar-refractivity contribution >= 4 is 24.3 Å². The van der Waals surface area contributed by atoms with Crippen LogP contribution in [0.3, 0.4) is 0 Å². The molecule has 17 heavy (non-hydrogen) atoms. The average molecular weight is 266 g/mol. The van der Waals surface area contributed by atoms with Crippen LogP contribution in [-0.2, 0) is 19.1 Å². The Hall–Kier alpha value is -1.11. The van der Waals surface area contributed by atoms with E-state index >= 15 is 0 Å². The van der Waals surface area contributed by atoms with E-state index in [1.807, 2.05) is 0 Å². The van der Waals surface area contributed by atoms with Crippen LogP contribution in [0.25, 0.3) is 0 Å². The van der Waals surface area contributed by atoms with E-state index < -0.39 is 11.9 Å². The van der Waals surface area contributed by atoms with Crippen molar-refractivity contribution in [3.8, 4) is 0 Å². The fraction of sp³-hybridized carbons (Fsp3) is 0.600. The zero-order chi connectivity index (χ0) is 11.8. The van der Waals surface area contributed by atoms with Gasteiger partial charge in [0.25, 0.3) is 0 Å². The number of hydrogen-bond donors (Lipinski definition) is 1. The van der Waals surface area contributed by atoms with Crippen molar-refractivity contribution in [1.82, 2.24) is 4.90 Å². The van der Waals surface area contributed by atoms with Crippen molar-refractivity contribution < 1.29 is 24.2 Å². The van der Waals surface area contributed by atoms with E-state index in [2.05, 4.69) is 4.90 Å². The van der Waals surface area contributed by atoms with Crippen molar-refractivity contribution in [3.05, 3.63) is 12.2 Å². The number of carboxylic acid groups (broad SMARTS) is 1. The van der Waals surface area contributed by atoms with Crippen LogP contribution in [0.2, 0.25) is 0 Å². The third-order valence-electron chi connectivity index (χ3n) is 2.12. The summed E-state index contributed by atoms with van der Waals surface area (Å²) in [4.78, 5) is 23.2. The molecule has 0 aromatic heterocycles. The molecule has 6 nitrogen and oxygen atoms in total. The van der Waals surface area contributed by atoms with Gasteiger partial charge in [-0.3, -0.25) is 4.90 Å². The number of aliphatic carboxylic acids is 1. The van der Waals surface area contributed by atoms with Crippen LogP contribution in [0.1, 0.15) is 0 Å². The number of hydrogen-bond acceptors (Lipinski definition) is 5. The van der Waals surface area contributed by atoms with Crippen LogP contribution in [0.4, 0.5) is 0 Å². The summed E-state index contributed by atoms with van der Waals surface area (Å²) >= 11 is 0. The summed E-state index contributed by atoms with van der Waals surface area (Å²) in [6.07, 6.45) is 1.67. The summed E-state index contributed by atoms with van der Waals surface area (Å²) in [6, 6.07) is 0. The summed E-state index contributed by atoms with van der Waals surface area (Å²) in [7, 11) is 0. The first-order chi connectivity index (χ1) is 7.68. The molecule has 7 heteroatoms. The summed E-state index contributed by atoms with van der Waals surface area (Å²) in [6.45, 7) is 3.99. The maximum absolute atomic E-state index is 11.0. The van der Waals surface area contributed by atoms with Gasteiger partial charge in [-0.2, -0.15) is 0 Å². The Morgan fingerprint density at radius 1 is 1.29 bits per heavy atom. The second-order valence-electron chi connectivity index (χ2n) is 3.29. The molecule has 1 rings (SSSR count). The smallest absolute Gasteiger partial charge is 0.331 e. The molecule has 98 valence electrons. The van der Waals surface area contributed by atoms with Gasteiger partial charge in [0, 0.05) is 31.8 Å². The molecule has 1 heterocycles. The lowest BCUT2D eigenvalue weighted by Gasteiger charge is -2.25. The summed E-state index contributed by atoms with van der Waals surface area (Å²) in [5.41, 5.74) is 0. The molecule has 0 bridgehead atoms. The highest BCUT2D eigenvalue weighted by Crippen LogP contribution is 1.96. The van der Waals surface area contributed by atoms with E-state index in [0.717, 1.165) is 25.2 Å². The van der Waals surface area contributed by atoms with Gasteiger partial charge in [0.05, 0.1) is 13.2 Å². The molecule has 0 spiro atoms. The maximum atomic E-state index is 11.0. The van der Waals surface area contributed by atoms with Gasteiger partial charge >= 0.3 is 11.9 Å². The van der Waals surface area contributed by atoms with Crippen LogP contribution in [0.15, 0.2) is 12.2 Å². The van der Waals surface area contributed by atoms with Gasteiger partial charge in [-0.25, -0.2) is 9.59 Å². The molecule has 1 saturated heterocycles. The van der Waals surface area contributed by atoms with Crippen molar-refractivity contribution in [3.63, 3.8) is 0 Å². The van der Waals surface area contributed by atoms with E-state index in [1.165, 1.54) is 0 Å². The lowest BCUT2D eigenvalue weighted by Crippen LogP contribution is -2.38. The van der Waals surface area contributed by atoms with E-state index in [0.29, 0.717) is 19.8 Å². The monoisotopic (exact) mass is 265 g/mol. The number of rotatable bonds is 5. The Morgan fingerprint density at radius 3 is 2.53 bits per heavy atom. The standard InChI is InChI=1S/C10H15NO5.ClH/c12-9(13)1-2-10(14)16-8-5-11-3-6-15-7-4-11;/h1-2H,3-8H2,(H,12,13);1H. The Kier molecular flexibility index (Phi) is 8.39. The van der Waals surface area contributed by atoms with Gasteiger partial charge in [0.1, 0.15) is 6.61 Å². The Balaban J connectivity index is 0.00000256. The Bertz CT molecular complexity index is 276. The molecular weight excluding hydrogens is 250 g/mol. The number of carboxylic acids is 1. The number of esters is 1. The first kappa shape index (κ1) is 15.9. The van der Waals surface area contributed by atoms with Crippen molar-refractivity contribution in [1.29, 1.82) is 0 Å². The molecular formula is C10H16ClNO5. The van der Waals surface area contributed by atoms with Crippen LogP contribution in [0, 0.1) is 0 Å². The largest absolute Gasteiger partial charge is 0.478 e. The fourth-order valence-electron chi connectivity index (χ4n) is 1.29. The molecule has 0 radical (unpaired) electrons. The first-order valence-corrected chi connectivity index (χ1v) is 5.06. The molecule has 1 fully saturated rings. The minimum atomic E-state index is -1.16. The highest BCUT2D eigenvalue weighted by atomic mass is 35.5. The third kappa shape index (κ3) is 7.73. The number of carbonyl (C=O) groups is 2. The second-order valence-corrected chi connectivity index (χ2v) is 3.29. The van der Waals surface area contributed by atoms with E-state index in [1.54, 1.807) is 0 Å². The zero-order valence-corrected chi connectivity index (χ0v) is 10.1. The lowest BCUT2D eigenvalue weighted by molar-refractivity contribution is -0.139. The third-order valence-corrected chi connectivity index (χ3v) is 2.12. The Morgan fingerprint density at radius 2 is 1.94 bits per heavy atom. The van der Waals surface area contributed by atoms with Crippen LogP contribution < -0.4 is 0 Å². The summed E-state index contributed by atoms with van der Waals surface area (Å²) in [5, 5.41) is 8.27. The Labute approximate surface area is 106 Å². The van der Waals surface area contributed by atoms with E-state index in [-0.39, 0.29) is 19.0 Å². The minimum Gasteiger partial charge on any atom is -0.478 e. The van der Waals surface area contributed by atoms with Crippen LogP contribution in [0.5, 0.6) is 0 Å². The van der Waals surface area contributed by atoms with Gasteiger partial charge in [-0.1, -0.05) is 0 Å². The number of morpholine rings is 1. The molecule has 1 aliphatic rings. The number of ether oxygens (including phenoxy) is 2. The van der Waals surface area contributed by atoms with Gasteiger partial charge in [-0.05, 0) is 0 Å². The summed E-state index contributed by atoms with van der Waals surface area (Å²) in [5.74, 6) is -1.79. The molecule has 0 aromatic rings. The molecule has 0 saturated carbocycles. The van der Waals surface area contributed by atoms with Crippen molar-refractivity contribution in [2.24, 2.45) is 0 Å². The van der Waals surface area contributed by atoms with Crippen LogP contribution in [-0.4, -0.2) is 61.4 Å². The molecule has 0 aliphatic carbocycles. The van der Waals surface area contributed by atoms with Gasteiger partial charge < -0.3 is 14.6 Å². The normalized spacial score (nSPS) is 16.5. The molecule has 1 N–H and O–H groups in total. The van der Waals surface area contributed by atoms with Gasteiger partial charge in [0.15, 0.2) is 0 Å². The van der Waals surface area contributed by atoms with Gasteiger partial charge in [0.2, 0.25) is 0 Å². The predicted molar refractivity (Wildman–Crippen MR) is 62.2 cm³/mol. The minimum absolute atomic E-state index is 0. The molecule has 0 aromatic carbocycles. The fourth-order valence-corrected chi connectivity index (χ4v) is 1.29. The highest BCUT2D eigenvalue weighted by molar-refractivity contribution is 5.90. The molecule has 0 atom stereocenters. The lowest BCUT2D eigenvalue weighted by atomic mass is 10.4. The number of carbonyl (C=O) groups excluding carboxylic acids is 1. The molecule has 1 aliphatic heterocycles. The zero-order valence-electron chi connectivity index (χ0n) is 9.33. The summed E-state index contributed by atoms with van der Waals surface area (Å²) < 4.78 is 9.99. The average Bonchev–Trinajstić information content (AvgIpc) is 2.28. The number of halogens is 1. The SMILES string of the molecule is Cl.O=C(O)C=CC(=O)OCCN1CCOCC1. The highest BCUT2D eigenvalue weighted by Gasteiger charge is 2.10. The predicted octanol–water partition coefficient (Wildman–Crippen LogP) is -0.0756. The quantitative estimate of drug-likeness (QED) is 0.554. The number of nitrogens with zero attached hydrogens (tertiary/aromatic N) is 1. The second kappa shape index (κ2) is 8.98. The van der Waals surface area contributed by atoms with E-state index in [4.69, 9.17) is 14.6 Å². The van der Waals surface area contributed by atoms with Crippen molar-refractivity contribution in [2.75, 3.05) is 39.5 Å². The maximum Gasteiger partial charge on any atom is 0.331 e. The van der Waals surface area contributed by atoms with E-state index in [9.17, 15) is 9.59 Å². The molecule has 0 amide bonds. The van der Waals surface area contributed by atoms with Crippen molar-refractivity contribution in [2.45, 2.75) is 0 Å². The molecule has 0 unspecified atom stereocenters. The topological polar surface area (TPSA) is 76.1 Å². The first-order valence-electron chi connectivity index (χ1n) is 5.06.